The van der Waals surface area contributed by atoms with Crippen LogP contribution in [0.2, 0.25) is 0 Å². The molecule has 0 aliphatic carbocycles. The first kappa shape index (κ1) is 10.5. The van der Waals surface area contributed by atoms with Crippen LogP contribution >= 0.6 is 11.8 Å². The average Bonchev–Trinajstić information content (AvgIpc) is 2.39. The minimum atomic E-state index is 0.497. The summed E-state index contributed by atoms with van der Waals surface area (Å²) in [5.74, 6) is 5.43. The van der Waals surface area contributed by atoms with Gasteiger partial charge in [-0.25, -0.2) is 0 Å². The molecule has 0 bridgehead atoms. The maximum Gasteiger partial charge on any atom is 0.162 e. The smallest absolute Gasteiger partial charge is 0.152 e. The summed E-state index contributed by atoms with van der Waals surface area (Å²) >= 11 is 2.11. The van der Waals surface area contributed by atoms with Crippen molar-refractivity contribution in [2.45, 2.75) is 4.90 Å². The van der Waals surface area contributed by atoms with Crippen molar-refractivity contribution in [3.63, 3.8) is 0 Å². The predicted molar refractivity (Wildman–Crippen MR) is 76.6 cm³/mol. The van der Waals surface area contributed by atoms with Crippen LogP contribution in [0.25, 0.3) is 10.8 Å². The van der Waals surface area contributed by atoms with E-state index in [2.05, 4.69) is 54.2 Å². The Morgan fingerprint density at radius 2 is 1.62 bits per heavy atom. The van der Waals surface area contributed by atoms with Crippen LogP contribution < -0.4 is 0 Å². The Kier molecular flexibility index (Phi) is 3.11. The molecule has 1 fully saturated rings. The van der Waals surface area contributed by atoms with Crippen LogP contribution in [-0.4, -0.2) is 23.0 Å². The van der Waals surface area contributed by atoms with Crippen LogP contribution in [0.1, 0.15) is 0 Å². The van der Waals surface area contributed by atoms with Crippen molar-refractivity contribution in [1.82, 2.24) is 0 Å². The molecule has 82 valence electrons. The van der Waals surface area contributed by atoms with Crippen LogP contribution in [0.15, 0.2) is 47.4 Å². The van der Waals surface area contributed by atoms with Crippen molar-refractivity contribution < 1.29 is 0 Å². The maximum absolute atomic E-state index is 2.33. The molecule has 0 N–H and O–H groups in total. The molecule has 0 nitrogen and oxygen atoms in total. The van der Waals surface area contributed by atoms with Gasteiger partial charge in [0.15, 0.2) is 4.90 Å². The Labute approximate surface area is 104 Å². The van der Waals surface area contributed by atoms with Crippen molar-refractivity contribution in [1.29, 1.82) is 0 Å². The molecule has 1 aliphatic rings. The molecule has 2 heteroatoms. The Balaban J connectivity index is 2.08. The van der Waals surface area contributed by atoms with Gasteiger partial charge < -0.3 is 0 Å². The molecule has 3 rings (SSSR count). The zero-order valence-electron chi connectivity index (χ0n) is 9.19. The zero-order chi connectivity index (χ0) is 10.8. The second-order valence-electron chi connectivity index (χ2n) is 3.99. The summed E-state index contributed by atoms with van der Waals surface area (Å²) in [4.78, 5) is 1.60. The molecule has 1 heterocycles. The van der Waals surface area contributed by atoms with Crippen molar-refractivity contribution >= 4 is 33.4 Å². The van der Waals surface area contributed by atoms with E-state index < -0.39 is 0 Å². The number of hydrogen-bond acceptors (Lipinski definition) is 1. The van der Waals surface area contributed by atoms with Crippen LogP contribution in [0, 0.1) is 0 Å². The van der Waals surface area contributed by atoms with Crippen molar-refractivity contribution in [3.05, 3.63) is 42.5 Å². The fraction of sp³-hybridized carbons (Fsp3) is 0.286. The standard InChI is InChI=1S/C14H15S2/c1-2-6-13-12(4-1)5-3-7-14(13)16-10-8-15-9-11-16/h1-7H,8-11H2/q+1. The lowest BCUT2D eigenvalue weighted by atomic mass is 10.1. The Bertz CT molecular complexity index is 482. The van der Waals surface area contributed by atoms with E-state index >= 15 is 0 Å². The first-order valence-electron chi connectivity index (χ1n) is 5.68. The number of rotatable bonds is 1. The Morgan fingerprint density at radius 3 is 2.50 bits per heavy atom. The molecule has 0 spiro atoms. The number of fused-ring (bicyclic) bond motifs is 1. The van der Waals surface area contributed by atoms with Gasteiger partial charge in [-0.3, -0.25) is 0 Å². The summed E-state index contributed by atoms with van der Waals surface area (Å²) in [6.45, 7) is 0. The number of hydrogen-bond donors (Lipinski definition) is 0. The summed E-state index contributed by atoms with van der Waals surface area (Å²) in [6.07, 6.45) is 0. The quantitative estimate of drug-likeness (QED) is 0.694. The first-order valence-corrected chi connectivity index (χ1v) is 8.40. The van der Waals surface area contributed by atoms with E-state index in [0.717, 1.165) is 0 Å². The molecule has 0 aromatic heterocycles. The fourth-order valence-corrected chi connectivity index (χ4v) is 6.36. The molecule has 0 unspecified atom stereocenters. The second-order valence-corrected chi connectivity index (χ2v) is 7.46. The Hall–Kier alpha value is -0.600. The van der Waals surface area contributed by atoms with E-state index in [1.54, 1.807) is 4.90 Å². The van der Waals surface area contributed by atoms with Crippen LogP contribution in [0.3, 0.4) is 0 Å². The SMILES string of the molecule is c1ccc2c([S+]3CCSCC3)cccc2c1. The molecule has 0 atom stereocenters. The minimum Gasteiger partial charge on any atom is -0.152 e. The maximum atomic E-state index is 2.33. The molecular weight excluding hydrogens is 232 g/mol. The van der Waals surface area contributed by atoms with Gasteiger partial charge in [0.25, 0.3) is 0 Å². The van der Waals surface area contributed by atoms with E-state index in [-0.39, 0.29) is 0 Å². The molecule has 1 saturated heterocycles. The number of thioether (sulfide) groups is 1. The highest BCUT2D eigenvalue weighted by Crippen LogP contribution is 2.28. The second kappa shape index (κ2) is 4.72. The largest absolute Gasteiger partial charge is 0.162 e. The van der Waals surface area contributed by atoms with E-state index in [0.29, 0.717) is 10.9 Å². The zero-order valence-corrected chi connectivity index (χ0v) is 10.8. The normalized spacial score (nSPS) is 17.8. The van der Waals surface area contributed by atoms with Crippen LogP contribution in [0.4, 0.5) is 0 Å². The van der Waals surface area contributed by atoms with Gasteiger partial charge in [-0.05, 0) is 17.5 Å². The molecule has 0 radical (unpaired) electrons. The van der Waals surface area contributed by atoms with Crippen molar-refractivity contribution in [2.75, 3.05) is 23.0 Å². The summed E-state index contributed by atoms with van der Waals surface area (Å²) in [5, 5.41) is 2.87. The van der Waals surface area contributed by atoms with Crippen molar-refractivity contribution in [3.8, 4) is 0 Å². The summed E-state index contributed by atoms with van der Waals surface area (Å²) in [5.41, 5.74) is 0. The van der Waals surface area contributed by atoms with Gasteiger partial charge in [0, 0.05) is 27.8 Å². The molecular formula is C14H15S2+. The van der Waals surface area contributed by atoms with E-state index in [4.69, 9.17) is 0 Å². The molecule has 2 aromatic carbocycles. The third kappa shape index (κ3) is 1.96. The topological polar surface area (TPSA) is 0 Å². The number of benzene rings is 2. The van der Waals surface area contributed by atoms with Gasteiger partial charge in [0.05, 0.1) is 0 Å². The van der Waals surface area contributed by atoms with Gasteiger partial charge in [0.1, 0.15) is 11.5 Å². The van der Waals surface area contributed by atoms with E-state index in [9.17, 15) is 0 Å². The summed E-state index contributed by atoms with van der Waals surface area (Å²) in [6, 6.07) is 15.6. The molecule has 0 amide bonds. The van der Waals surface area contributed by atoms with Crippen LogP contribution in [-0.2, 0) is 10.9 Å². The fourth-order valence-electron chi connectivity index (χ4n) is 2.19. The molecule has 2 aromatic rings. The van der Waals surface area contributed by atoms with Gasteiger partial charge in [-0.1, -0.05) is 30.3 Å². The third-order valence-electron chi connectivity index (χ3n) is 3.01. The van der Waals surface area contributed by atoms with Gasteiger partial charge in [-0.2, -0.15) is 11.8 Å². The van der Waals surface area contributed by atoms with Gasteiger partial charge >= 0.3 is 0 Å². The highest BCUT2D eigenvalue weighted by Gasteiger charge is 2.26. The van der Waals surface area contributed by atoms with Crippen molar-refractivity contribution in [2.24, 2.45) is 0 Å². The predicted octanol–water partition coefficient (Wildman–Crippen LogP) is 3.56. The van der Waals surface area contributed by atoms with Gasteiger partial charge in [-0.15, -0.1) is 0 Å². The first-order chi connectivity index (χ1) is 7.95. The highest BCUT2D eigenvalue weighted by atomic mass is 32.2. The van der Waals surface area contributed by atoms with E-state index in [1.807, 2.05) is 0 Å². The lowest BCUT2D eigenvalue weighted by molar-refractivity contribution is 1.36. The van der Waals surface area contributed by atoms with Crippen LogP contribution in [0.5, 0.6) is 0 Å². The average molecular weight is 247 g/mol. The monoisotopic (exact) mass is 247 g/mol. The summed E-state index contributed by atoms with van der Waals surface area (Å²) < 4.78 is 0. The lowest BCUT2D eigenvalue weighted by Gasteiger charge is -2.14. The molecule has 1 aliphatic heterocycles. The minimum absolute atomic E-state index is 0.497. The molecule has 0 saturated carbocycles. The Morgan fingerprint density at radius 1 is 0.875 bits per heavy atom. The third-order valence-corrected chi connectivity index (χ3v) is 6.88. The van der Waals surface area contributed by atoms with E-state index in [1.165, 1.54) is 33.8 Å². The van der Waals surface area contributed by atoms with Gasteiger partial charge in [0.2, 0.25) is 0 Å². The highest BCUT2D eigenvalue weighted by molar-refractivity contribution is 8.05. The lowest BCUT2D eigenvalue weighted by Crippen LogP contribution is -2.21. The summed E-state index contributed by atoms with van der Waals surface area (Å²) in [7, 11) is 0.497. The molecule has 16 heavy (non-hydrogen) atoms.